The van der Waals surface area contributed by atoms with Crippen molar-refractivity contribution in [1.82, 2.24) is 0 Å². The van der Waals surface area contributed by atoms with E-state index < -0.39 is 6.10 Å². The molecular weight excluding hydrogens is 925 g/mol. The molecule has 75 heavy (non-hydrogen) atoms. The van der Waals surface area contributed by atoms with Crippen LogP contribution in [0.4, 0.5) is 0 Å². The molecule has 0 aliphatic carbocycles. The van der Waals surface area contributed by atoms with Crippen LogP contribution in [0.3, 0.4) is 0 Å². The van der Waals surface area contributed by atoms with Gasteiger partial charge in [-0.3, -0.25) is 14.4 Å². The fourth-order valence-electron chi connectivity index (χ4n) is 9.09. The Labute approximate surface area is 465 Å². The number of esters is 3. The second-order valence-corrected chi connectivity index (χ2v) is 21.3. The number of hydrogen-bond acceptors (Lipinski definition) is 6. The average Bonchev–Trinajstić information content (AvgIpc) is 3.41. The number of rotatable bonds is 58. The molecule has 0 aromatic heterocycles. The third-order valence-corrected chi connectivity index (χ3v) is 13.9. The zero-order valence-electron chi connectivity index (χ0n) is 49.6. The van der Waals surface area contributed by atoms with E-state index in [4.69, 9.17) is 14.2 Å². The lowest BCUT2D eigenvalue weighted by Gasteiger charge is -2.18. The molecule has 0 radical (unpaired) electrons. The molecule has 432 valence electrons. The molecule has 0 aliphatic rings. The normalized spacial score (nSPS) is 12.6. The van der Waals surface area contributed by atoms with E-state index >= 15 is 0 Å². The van der Waals surface area contributed by atoms with E-state index in [0.717, 1.165) is 103 Å². The van der Waals surface area contributed by atoms with Crippen LogP contribution in [0, 0.1) is 0 Å². The molecule has 0 saturated carbocycles. The van der Waals surface area contributed by atoms with Crippen LogP contribution in [0.15, 0.2) is 85.1 Å². The van der Waals surface area contributed by atoms with Gasteiger partial charge in [-0.2, -0.15) is 0 Å². The highest BCUT2D eigenvalue weighted by Gasteiger charge is 2.19. The molecule has 1 atom stereocenters. The van der Waals surface area contributed by atoms with E-state index in [1.54, 1.807) is 0 Å². The Kier molecular flexibility index (Phi) is 60.3. The summed E-state index contributed by atoms with van der Waals surface area (Å²) >= 11 is 0. The van der Waals surface area contributed by atoms with Gasteiger partial charge >= 0.3 is 17.9 Å². The van der Waals surface area contributed by atoms with Crippen molar-refractivity contribution in [1.29, 1.82) is 0 Å². The number of hydrogen-bond donors (Lipinski definition) is 0. The minimum Gasteiger partial charge on any atom is -0.462 e. The number of carbonyl (C=O) groups excluding carboxylic acids is 3. The van der Waals surface area contributed by atoms with Crippen molar-refractivity contribution in [2.24, 2.45) is 0 Å². The Morgan fingerprint density at radius 3 is 0.827 bits per heavy atom. The third-order valence-electron chi connectivity index (χ3n) is 13.9. The molecule has 0 saturated heterocycles. The van der Waals surface area contributed by atoms with Gasteiger partial charge in [0.2, 0.25) is 0 Å². The van der Waals surface area contributed by atoms with Gasteiger partial charge in [0.05, 0.1) is 0 Å². The third kappa shape index (κ3) is 61.3. The second-order valence-electron chi connectivity index (χ2n) is 21.3. The summed E-state index contributed by atoms with van der Waals surface area (Å²) in [6.45, 7) is 6.48. The van der Waals surface area contributed by atoms with Crippen molar-refractivity contribution in [2.75, 3.05) is 13.2 Å². The van der Waals surface area contributed by atoms with Gasteiger partial charge < -0.3 is 14.2 Å². The largest absolute Gasteiger partial charge is 0.462 e. The number of unbranched alkanes of at least 4 members (excludes halogenated alkanes) is 33. The van der Waals surface area contributed by atoms with E-state index in [2.05, 4.69) is 106 Å². The van der Waals surface area contributed by atoms with Crippen molar-refractivity contribution in [2.45, 2.75) is 322 Å². The van der Waals surface area contributed by atoms with E-state index in [1.807, 2.05) is 0 Å². The van der Waals surface area contributed by atoms with E-state index in [-0.39, 0.29) is 31.1 Å². The van der Waals surface area contributed by atoms with Gasteiger partial charge in [0.25, 0.3) is 0 Å². The highest BCUT2D eigenvalue weighted by molar-refractivity contribution is 5.71. The Morgan fingerprint density at radius 2 is 0.520 bits per heavy atom. The minimum absolute atomic E-state index is 0.0757. The summed E-state index contributed by atoms with van der Waals surface area (Å²) in [6, 6.07) is 0. The lowest BCUT2D eigenvalue weighted by atomic mass is 10.0. The predicted octanol–water partition coefficient (Wildman–Crippen LogP) is 21.9. The summed E-state index contributed by atoms with van der Waals surface area (Å²) in [7, 11) is 0. The molecule has 6 heteroatoms. The summed E-state index contributed by atoms with van der Waals surface area (Å²) in [5, 5.41) is 0. The fourth-order valence-corrected chi connectivity index (χ4v) is 9.09. The standard InChI is InChI=1S/C69H120O6/c1-4-7-10-13-16-18-20-22-24-26-27-28-29-30-31-32-33-34-35-36-37-38-39-40-41-42-43-44-46-47-49-51-53-56-59-62-68(71)74-65-66(64-73-67(70)61-58-55-15-12-9-6-3)75-69(72)63-60-57-54-52-50-48-45-25-23-21-19-17-14-11-8-5-2/h7,10,16,18,22,24-25,27-28,30-31,33-34,45,66H,4-6,8-9,11-15,17,19-21,23,26,29,32,35-44,46-65H2,1-3H3/b10-7-,18-16-,24-22-,28-27-,31-30-,34-33-,45-25-. The number of allylic oxidation sites excluding steroid dienone is 14. The van der Waals surface area contributed by atoms with Crippen molar-refractivity contribution < 1.29 is 28.6 Å². The lowest BCUT2D eigenvalue weighted by Crippen LogP contribution is -2.30. The van der Waals surface area contributed by atoms with Crippen LogP contribution in [0.2, 0.25) is 0 Å². The Balaban J connectivity index is 3.98. The topological polar surface area (TPSA) is 78.9 Å². The SMILES string of the molecule is CC/C=C\C/C=C\C/C=C\C/C=C\C/C=C\C/C=C\CCCCCCCCCCCCCCCCCCC(=O)OCC(COC(=O)CCCCCCCC)OC(=O)CCCCCCC/C=C\CCCCCCCCC. The van der Waals surface area contributed by atoms with Gasteiger partial charge in [0, 0.05) is 19.3 Å². The van der Waals surface area contributed by atoms with E-state index in [0.29, 0.717) is 19.3 Å². The first-order valence-electron chi connectivity index (χ1n) is 32.1. The van der Waals surface area contributed by atoms with Crippen LogP contribution in [-0.4, -0.2) is 37.2 Å². The van der Waals surface area contributed by atoms with Crippen LogP contribution < -0.4 is 0 Å². The molecule has 0 N–H and O–H groups in total. The van der Waals surface area contributed by atoms with Crippen molar-refractivity contribution in [3.05, 3.63) is 85.1 Å². The molecular formula is C69H120O6. The second kappa shape index (κ2) is 63.1. The van der Waals surface area contributed by atoms with Gasteiger partial charge in [0.15, 0.2) is 6.10 Å². The maximum Gasteiger partial charge on any atom is 0.306 e. The maximum absolute atomic E-state index is 12.8. The quantitative estimate of drug-likeness (QED) is 0.0261. The molecule has 0 aromatic rings. The van der Waals surface area contributed by atoms with Crippen LogP contribution in [0.5, 0.6) is 0 Å². The van der Waals surface area contributed by atoms with Crippen LogP contribution in [0.1, 0.15) is 316 Å². The van der Waals surface area contributed by atoms with Crippen LogP contribution in [-0.2, 0) is 28.6 Å². The van der Waals surface area contributed by atoms with Gasteiger partial charge in [0.1, 0.15) is 13.2 Å². The van der Waals surface area contributed by atoms with E-state index in [9.17, 15) is 14.4 Å². The monoisotopic (exact) mass is 1040 g/mol. The fraction of sp³-hybridized carbons (Fsp3) is 0.754. The molecule has 0 aliphatic heterocycles. The molecule has 0 aromatic carbocycles. The Morgan fingerprint density at radius 1 is 0.280 bits per heavy atom. The average molecular weight is 1050 g/mol. The first kappa shape index (κ1) is 71.6. The van der Waals surface area contributed by atoms with Crippen LogP contribution in [0.25, 0.3) is 0 Å². The van der Waals surface area contributed by atoms with E-state index in [1.165, 1.54) is 173 Å². The zero-order chi connectivity index (χ0) is 54.3. The molecule has 1 unspecified atom stereocenters. The maximum atomic E-state index is 12.8. The molecule has 0 heterocycles. The zero-order valence-corrected chi connectivity index (χ0v) is 49.6. The smallest absolute Gasteiger partial charge is 0.306 e. The summed E-state index contributed by atoms with van der Waals surface area (Å²) in [4.78, 5) is 37.9. The Bertz CT molecular complexity index is 1430. The predicted molar refractivity (Wildman–Crippen MR) is 325 cm³/mol. The molecule has 0 bridgehead atoms. The Hall–Kier alpha value is -3.41. The highest BCUT2D eigenvalue weighted by atomic mass is 16.6. The van der Waals surface area contributed by atoms with Gasteiger partial charge in [-0.05, 0) is 96.3 Å². The molecule has 0 fully saturated rings. The van der Waals surface area contributed by atoms with Gasteiger partial charge in [-0.1, -0.05) is 286 Å². The van der Waals surface area contributed by atoms with Crippen molar-refractivity contribution in [3.63, 3.8) is 0 Å². The van der Waals surface area contributed by atoms with Gasteiger partial charge in [-0.15, -0.1) is 0 Å². The minimum atomic E-state index is -0.775. The lowest BCUT2D eigenvalue weighted by molar-refractivity contribution is -0.167. The first-order chi connectivity index (χ1) is 37.0. The van der Waals surface area contributed by atoms with Crippen molar-refractivity contribution in [3.8, 4) is 0 Å². The number of carbonyl (C=O) groups is 3. The summed E-state index contributed by atoms with van der Waals surface area (Å²) < 4.78 is 16.8. The summed E-state index contributed by atoms with van der Waals surface area (Å²) in [5.74, 6) is -0.883. The van der Waals surface area contributed by atoms with Gasteiger partial charge in [-0.25, -0.2) is 0 Å². The highest BCUT2D eigenvalue weighted by Crippen LogP contribution is 2.16. The molecule has 0 spiro atoms. The molecule has 6 nitrogen and oxygen atoms in total. The molecule has 0 amide bonds. The van der Waals surface area contributed by atoms with Crippen molar-refractivity contribution >= 4 is 17.9 Å². The first-order valence-corrected chi connectivity index (χ1v) is 32.1. The van der Waals surface area contributed by atoms with Crippen LogP contribution >= 0.6 is 0 Å². The summed E-state index contributed by atoms with van der Waals surface area (Å²) in [6.07, 6.45) is 83.5. The number of ether oxygens (including phenoxy) is 3. The molecule has 0 rings (SSSR count). The summed E-state index contributed by atoms with van der Waals surface area (Å²) in [5.41, 5.74) is 0.